The molecule has 1 fully saturated rings. The lowest BCUT2D eigenvalue weighted by Gasteiger charge is -2.30. The zero-order valence-electron chi connectivity index (χ0n) is 14.3. The summed E-state index contributed by atoms with van der Waals surface area (Å²) >= 11 is 0. The van der Waals surface area contributed by atoms with Crippen molar-refractivity contribution in [3.63, 3.8) is 0 Å². The van der Waals surface area contributed by atoms with Crippen molar-refractivity contribution in [2.75, 3.05) is 13.1 Å². The molecule has 0 saturated carbocycles. The van der Waals surface area contributed by atoms with Gasteiger partial charge < -0.3 is 15.6 Å². The van der Waals surface area contributed by atoms with Gasteiger partial charge in [0.2, 0.25) is 0 Å². The molecule has 1 aromatic heterocycles. The number of fused-ring (bicyclic) bond motifs is 1. The molecule has 2 aromatic rings. The molecular weight excluding hydrogens is 344 g/mol. The Morgan fingerprint density at radius 1 is 1.36 bits per heavy atom. The van der Waals surface area contributed by atoms with Crippen molar-refractivity contribution < 1.29 is 4.79 Å². The second-order valence-electron chi connectivity index (χ2n) is 6.29. The van der Waals surface area contributed by atoms with Crippen LogP contribution in [0.1, 0.15) is 30.6 Å². The van der Waals surface area contributed by atoms with E-state index in [2.05, 4.69) is 22.5 Å². The summed E-state index contributed by atoms with van der Waals surface area (Å²) in [7, 11) is 0. The number of amides is 1. The van der Waals surface area contributed by atoms with Crippen molar-refractivity contribution >= 4 is 29.2 Å². The highest BCUT2D eigenvalue weighted by atomic mass is 35.5. The zero-order chi connectivity index (χ0) is 17.3. The molecule has 25 heavy (non-hydrogen) atoms. The molecule has 8 heteroatoms. The number of carbonyl (C=O) groups is 1. The molecule has 0 spiro atoms. The van der Waals surface area contributed by atoms with E-state index in [9.17, 15) is 14.4 Å². The lowest BCUT2D eigenvalue weighted by atomic mass is 9.94. The van der Waals surface area contributed by atoms with Gasteiger partial charge in [-0.15, -0.1) is 12.4 Å². The Hall–Kier alpha value is -2.12. The molecule has 0 bridgehead atoms. The quantitative estimate of drug-likeness (QED) is 0.750. The Bertz CT molecular complexity index is 890. The largest absolute Gasteiger partial charge is 0.348 e. The van der Waals surface area contributed by atoms with Crippen LogP contribution in [0.3, 0.4) is 0 Å². The normalized spacial score (nSPS) is 20.1. The fourth-order valence-corrected chi connectivity index (χ4v) is 3.12. The van der Waals surface area contributed by atoms with E-state index in [1.54, 1.807) is 25.1 Å². The molecule has 1 aromatic carbocycles. The van der Waals surface area contributed by atoms with Crippen molar-refractivity contribution in [2.24, 2.45) is 5.92 Å². The number of hydrogen-bond donors (Lipinski definition) is 3. The molecule has 136 valence electrons. The highest BCUT2D eigenvalue weighted by Gasteiger charge is 2.23. The molecule has 1 saturated heterocycles. The van der Waals surface area contributed by atoms with Gasteiger partial charge in [0, 0.05) is 24.7 Å². The summed E-state index contributed by atoms with van der Waals surface area (Å²) in [4.78, 5) is 39.3. The number of halogens is 1. The first kappa shape index (κ1) is 19.2. The Labute approximate surface area is 151 Å². The second-order valence-corrected chi connectivity index (χ2v) is 6.29. The van der Waals surface area contributed by atoms with Crippen LogP contribution in [0.5, 0.6) is 0 Å². The third-order valence-corrected chi connectivity index (χ3v) is 4.70. The number of benzene rings is 1. The van der Waals surface area contributed by atoms with Crippen LogP contribution < -0.4 is 21.9 Å². The van der Waals surface area contributed by atoms with Crippen molar-refractivity contribution in [3.05, 3.63) is 44.6 Å². The van der Waals surface area contributed by atoms with Crippen molar-refractivity contribution in [1.82, 2.24) is 20.2 Å². The molecular formula is C17H23ClN4O3. The lowest BCUT2D eigenvalue weighted by molar-refractivity contribution is 0.0915. The SMILES string of the molecule is CCn1c(=O)[nH]c2cc(C(=O)NC3CNCCC3C)ccc2c1=O.Cl. The van der Waals surface area contributed by atoms with Crippen molar-refractivity contribution in [1.29, 1.82) is 0 Å². The van der Waals surface area contributed by atoms with Gasteiger partial charge in [0.15, 0.2) is 0 Å². The Balaban J connectivity index is 0.00000225. The van der Waals surface area contributed by atoms with E-state index in [0.29, 0.717) is 28.9 Å². The second kappa shape index (κ2) is 7.84. The molecule has 2 heterocycles. The average molecular weight is 367 g/mol. The van der Waals surface area contributed by atoms with Crippen LogP contribution >= 0.6 is 12.4 Å². The molecule has 1 amide bonds. The fourth-order valence-electron chi connectivity index (χ4n) is 3.12. The van der Waals surface area contributed by atoms with E-state index in [1.165, 1.54) is 0 Å². The monoisotopic (exact) mass is 366 g/mol. The van der Waals surface area contributed by atoms with E-state index in [4.69, 9.17) is 0 Å². The van der Waals surface area contributed by atoms with Crippen LogP contribution in [0.2, 0.25) is 0 Å². The minimum absolute atomic E-state index is 0. The van der Waals surface area contributed by atoms with Crippen LogP contribution in [-0.4, -0.2) is 34.6 Å². The number of carbonyl (C=O) groups excluding carboxylic acids is 1. The van der Waals surface area contributed by atoms with Gasteiger partial charge in [-0.2, -0.15) is 0 Å². The molecule has 3 rings (SSSR count). The maximum Gasteiger partial charge on any atom is 0.328 e. The summed E-state index contributed by atoms with van der Waals surface area (Å²) in [6.45, 7) is 5.88. The predicted molar refractivity (Wildman–Crippen MR) is 99.7 cm³/mol. The third kappa shape index (κ3) is 3.77. The van der Waals surface area contributed by atoms with E-state index in [1.807, 2.05) is 0 Å². The molecule has 1 aliphatic rings. The van der Waals surface area contributed by atoms with Gasteiger partial charge in [0.05, 0.1) is 10.9 Å². The van der Waals surface area contributed by atoms with Crippen LogP contribution in [0.25, 0.3) is 10.9 Å². The average Bonchev–Trinajstić information content (AvgIpc) is 2.56. The molecule has 2 unspecified atom stereocenters. The van der Waals surface area contributed by atoms with Crippen LogP contribution in [0, 0.1) is 5.92 Å². The number of aromatic amines is 1. The molecule has 1 aliphatic heterocycles. The van der Waals surface area contributed by atoms with E-state index in [-0.39, 0.29) is 29.9 Å². The van der Waals surface area contributed by atoms with Crippen molar-refractivity contribution in [3.8, 4) is 0 Å². The highest BCUT2D eigenvalue weighted by Crippen LogP contribution is 2.13. The van der Waals surface area contributed by atoms with Gasteiger partial charge in [-0.3, -0.25) is 14.2 Å². The van der Waals surface area contributed by atoms with Crippen molar-refractivity contribution in [2.45, 2.75) is 32.9 Å². The maximum absolute atomic E-state index is 12.5. The van der Waals surface area contributed by atoms with Gasteiger partial charge in [-0.25, -0.2) is 4.79 Å². The maximum atomic E-state index is 12.5. The molecule has 0 radical (unpaired) electrons. The van der Waals surface area contributed by atoms with Gasteiger partial charge in [-0.05, 0) is 44.0 Å². The molecule has 7 nitrogen and oxygen atoms in total. The Kier molecular flexibility index (Phi) is 6.02. The first-order valence-corrected chi connectivity index (χ1v) is 8.29. The minimum Gasteiger partial charge on any atom is -0.348 e. The number of nitrogens with one attached hydrogen (secondary N) is 3. The molecule has 3 N–H and O–H groups in total. The van der Waals surface area contributed by atoms with Gasteiger partial charge in [0.1, 0.15) is 0 Å². The summed E-state index contributed by atoms with van der Waals surface area (Å²) < 4.78 is 1.14. The third-order valence-electron chi connectivity index (χ3n) is 4.70. The molecule has 0 aliphatic carbocycles. The zero-order valence-corrected chi connectivity index (χ0v) is 15.1. The number of aromatic nitrogens is 2. The fraction of sp³-hybridized carbons (Fsp3) is 0.471. The van der Waals surface area contributed by atoms with E-state index < -0.39 is 5.69 Å². The minimum atomic E-state index is -0.460. The summed E-state index contributed by atoms with van der Waals surface area (Å²) in [5, 5.41) is 6.70. The van der Waals surface area contributed by atoms with E-state index >= 15 is 0 Å². The number of rotatable bonds is 3. The summed E-state index contributed by atoms with van der Waals surface area (Å²) in [6.07, 6.45) is 1.02. The van der Waals surface area contributed by atoms with E-state index in [0.717, 1.165) is 24.1 Å². The number of H-pyrrole nitrogens is 1. The van der Waals surface area contributed by atoms with Gasteiger partial charge >= 0.3 is 5.69 Å². The Morgan fingerprint density at radius 3 is 2.80 bits per heavy atom. The summed E-state index contributed by atoms with van der Waals surface area (Å²) in [5.74, 6) is 0.213. The number of piperidine rings is 1. The Morgan fingerprint density at radius 2 is 2.12 bits per heavy atom. The van der Waals surface area contributed by atoms with Crippen LogP contribution in [-0.2, 0) is 6.54 Å². The summed E-state index contributed by atoms with van der Waals surface area (Å²) in [5.41, 5.74) is 0.0210. The van der Waals surface area contributed by atoms with Crippen LogP contribution in [0.15, 0.2) is 27.8 Å². The first-order valence-electron chi connectivity index (χ1n) is 8.29. The van der Waals surface area contributed by atoms with Gasteiger partial charge in [-0.1, -0.05) is 6.92 Å². The smallest absolute Gasteiger partial charge is 0.328 e. The number of nitrogens with zero attached hydrogens (tertiary/aromatic N) is 1. The number of hydrogen-bond acceptors (Lipinski definition) is 4. The molecule has 2 atom stereocenters. The van der Waals surface area contributed by atoms with Gasteiger partial charge in [0.25, 0.3) is 11.5 Å². The first-order chi connectivity index (χ1) is 11.5. The predicted octanol–water partition coefficient (Wildman–Crippen LogP) is 0.859. The summed E-state index contributed by atoms with van der Waals surface area (Å²) in [6, 6.07) is 4.86. The van der Waals surface area contributed by atoms with Crippen LogP contribution in [0.4, 0.5) is 0 Å². The lowest BCUT2D eigenvalue weighted by Crippen LogP contribution is -2.50. The topological polar surface area (TPSA) is 96.0 Å². The standard InChI is InChI=1S/C17H22N4O3.ClH/c1-3-21-16(23)12-5-4-11(8-13(12)20-17(21)24)15(22)19-14-9-18-7-6-10(14)2;/h4-5,8,10,14,18H,3,6-7,9H2,1-2H3,(H,19,22)(H,20,24);1H. The highest BCUT2D eigenvalue weighted by molar-refractivity contribution is 5.97.